The molecule has 1 atom stereocenters. The van der Waals surface area contributed by atoms with Crippen LogP contribution in [0, 0.1) is 10.1 Å². The standard InChI is InChI=1S/C11H12BrN3O6S/c1-21-6-2-8(12)11(9(3-6)15(17)18)14-5-7(4-10(14)16)22(13,19)20/h2-3,7H,4-5H2,1H3,(H2,13,19,20). The molecule has 0 radical (unpaired) electrons. The van der Waals surface area contributed by atoms with Gasteiger partial charge in [-0.2, -0.15) is 0 Å². The number of nitro groups is 1. The molecular formula is C11H12BrN3O6S. The highest BCUT2D eigenvalue weighted by atomic mass is 79.9. The van der Waals surface area contributed by atoms with Gasteiger partial charge in [-0.05, 0) is 22.0 Å². The Morgan fingerprint density at radius 1 is 1.50 bits per heavy atom. The van der Waals surface area contributed by atoms with Gasteiger partial charge in [0, 0.05) is 13.0 Å². The molecule has 9 nitrogen and oxygen atoms in total. The van der Waals surface area contributed by atoms with Gasteiger partial charge in [-0.15, -0.1) is 0 Å². The van der Waals surface area contributed by atoms with Crippen molar-refractivity contribution in [1.82, 2.24) is 0 Å². The van der Waals surface area contributed by atoms with Crippen molar-refractivity contribution in [2.75, 3.05) is 18.6 Å². The minimum absolute atomic E-state index is 0.0121. The summed E-state index contributed by atoms with van der Waals surface area (Å²) in [5, 5.41) is 15.2. The van der Waals surface area contributed by atoms with E-state index in [1.165, 1.54) is 13.2 Å². The molecule has 1 aromatic carbocycles. The summed E-state index contributed by atoms with van der Waals surface area (Å²) >= 11 is 3.16. The Labute approximate surface area is 134 Å². The van der Waals surface area contributed by atoms with E-state index in [1.54, 1.807) is 0 Å². The van der Waals surface area contributed by atoms with Gasteiger partial charge in [0.2, 0.25) is 15.9 Å². The number of primary sulfonamides is 1. The first-order chi connectivity index (χ1) is 10.1. The smallest absolute Gasteiger partial charge is 0.297 e. The molecule has 1 saturated heterocycles. The van der Waals surface area contributed by atoms with Gasteiger partial charge in [-0.1, -0.05) is 0 Å². The van der Waals surface area contributed by atoms with E-state index >= 15 is 0 Å². The van der Waals surface area contributed by atoms with Crippen LogP contribution in [0.3, 0.4) is 0 Å². The number of anilines is 1. The number of ether oxygens (including phenoxy) is 1. The van der Waals surface area contributed by atoms with Crippen molar-refractivity contribution in [1.29, 1.82) is 0 Å². The van der Waals surface area contributed by atoms with Gasteiger partial charge in [-0.3, -0.25) is 14.9 Å². The van der Waals surface area contributed by atoms with E-state index in [0.717, 1.165) is 11.0 Å². The van der Waals surface area contributed by atoms with Crippen LogP contribution in [-0.4, -0.2) is 38.2 Å². The maximum atomic E-state index is 12.0. The summed E-state index contributed by atoms with van der Waals surface area (Å²) in [6, 6.07) is 2.62. The number of amides is 1. The predicted octanol–water partition coefficient (Wildman–Crippen LogP) is 0.760. The lowest BCUT2D eigenvalue weighted by molar-refractivity contribution is -0.384. The summed E-state index contributed by atoms with van der Waals surface area (Å²) in [6.45, 7) is -0.233. The third-order valence-electron chi connectivity index (χ3n) is 3.27. The minimum Gasteiger partial charge on any atom is -0.496 e. The van der Waals surface area contributed by atoms with Crippen LogP contribution in [0.5, 0.6) is 5.75 Å². The number of hydrogen-bond donors (Lipinski definition) is 1. The quantitative estimate of drug-likeness (QED) is 0.592. The molecule has 1 heterocycles. The van der Waals surface area contributed by atoms with Gasteiger partial charge < -0.3 is 9.64 Å². The van der Waals surface area contributed by atoms with Crippen molar-refractivity contribution < 1.29 is 22.9 Å². The second-order valence-corrected chi connectivity index (χ2v) is 7.35. The van der Waals surface area contributed by atoms with Crippen LogP contribution in [0.25, 0.3) is 0 Å². The molecule has 1 unspecified atom stereocenters. The number of carbonyl (C=O) groups excluding carboxylic acids is 1. The molecule has 22 heavy (non-hydrogen) atoms. The van der Waals surface area contributed by atoms with Crippen molar-refractivity contribution in [3.8, 4) is 5.75 Å². The number of rotatable bonds is 4. The van der Waals surface area contributed by atoms with Crippen LogP contribution in [0.4, 0.5) is 11.4 Å². The summed E-state index contributed by atoms with van der Waals surface area (Å²) in [4.78, 5) is 23.7. The van der Waals surface area contributed by atoms with Crippen LogP contribution in [-0.2, 0) is 14.8 Å². The van der Waals surface area contributed by atoms with Gasteiger partial charge in [0.25, 0.3) is 5.69 Å². The lowest BCUT2D eigenvalue weighted by atomic mass is 10.2. The van der Waals surface area contributed by atoms with Crippen molar-refractivity contribution in [2.45, 2.75) is 11.7 Å². The summed E-state index contributed by atoms with van der Waals surface area (Å²) < 4.78 is 28.0. The number of nitrogens with two attached hydrogens (primary N) is 1. The Morgan fingerprint density at radius 3 is 2.59 bits per heavy atom. The number of nitro benzene ring substituents is 1. The van der Waals surface area contributed by atoms with E-state index in [4.69, 9.17) is 9.88 Å². The van der Waals surface area contributed by atoms with Gasteiger partial charge in [-0.25, -0.2) is 13.6 Å². The molecule has 1 amide bonds. The molecule has 2 N–H and O–H groups in total. The van der Waals surface area contributed by atoms with E-state index in [1.807, 2.05) is 0 Å². The van der Waals surface area contributed by atoms with Crippen molar-refractivity contribution >= 4 is 43.2 Å². The fourth-order valence-electron chi connectivity index (χ4n) is 2.20. The fourth-order valence-corrected chi connectivity index (χ4v) is 3.57. The zero-order valence-corrected chi connectivity index (χ0v) is 13.8. The number of benzene rings is 1. The Morgan fingerprint density at radius 2 is 2.14 bits per heavy atom. The van der Waals surface area contributed by atoms with E-state index in [2.05, 4.69) is 15.9 Å². The molecule has 120 valence electrons. The summed E-state index contributed by atoms with van der Waals surface area (Å²) in [6.07, 6.45) is -0.311. The molecule has 1 aliphatic heterocycles. The van der Waals surface area contributed by atoms with Gasteiger partial charge in [0.15, 0.2) is 0 Å². The Bertz CT molecular complexity index is 750. The van der Waals surface area contributed by atoms with Crippen molar-refractivity contribution in [3.05, 3.63) is 26.7 Å². The van der Waals surface area contributed by atoms with Crippen LogP contribution in [0.15, 0.2) is 16.6 Å². The maximum Gasteiger partial charge on any atom is 0.297 e. The van der Waals surface area contributed by atoms with Crippen LogP contribution in [0.2, 0.25) is 0 Å². The average molecular weight is 394 g/mol. The number of sulfonamides is 1. The number of nitrogens with zero attached hydrogens (tertiary/aromatic N) is 2. The molecular weight excluding hydrogens is 382 g/mol. The lowest BCUT2D eigenvalue weighted by Crippen LogP contribution is -2.32. The molecule has 2 rings (SSSR count). The monoisotopic (exact) mass is 393 g/mol. The Hall–Kier alpha value is -1.72. The second-order valence-electron chi connectivity index (χ2n) is 4.65. The van der Waals surface area contributed by atoms with Gasteiger partial charge in [0.05, 0.1) is 22.6 Å². The zero-order chi connectivity index (χ0) is 16.7. The van der Waals surface area contributed by atoms with Crippen molar-refractivity contribution in [3.63, 3.8) is 0 Å². The molecule has 0 bridgehead atoms. The van der Waals surface area contributed by atoms with E-state index in [-0.39, 0.29) is 34.6 Å². The number of halogens is 1. The first-order valence-electron chi connectivity index (χ1n) is 5.99. The first kappa shape index (κ1) is 16.6. The van der Waals surface area contributed by atoms with E-state index < -0.39 is 26.1 Å². The Balaban J connectivity index is 2.53. The molecule has 0 aromatic heterocycles. The number of carbonyl (C=O) groups is 1. The molecule has 1 aliphatic rings. The van der Waals surface area contributed by atoms with Crippen molar-refractivity contribution in [2.24, 2.45) is 5.14 Å². The topological polar surface area (TPSA) is 133 Å². The summed E-state index contributed by atoms with van der Waals surface area (Å²) in [5.41, 5.74) is -0.378. The zero-order valence-electron chi connectivity index (χ0n) is 11.4. The Kier molecular flexibility index (Phi) is 4.40. The molecule has 1 aromatic rings. The van der Waals surface area contributed by atoms with Gasteiger partial charge in [0.1, 0.15) is 16.7 Å². The summed E-state index contributed by atoms with van der Waals surface area (Å²) in [5.74, 6) is -0.315. The minimum atomic E-state index is -3.91. The van der Waals surface area contributed by atoms with E-state index in [0.29, 0.717) is 0 Å². The maximum absolute atomic E-state index is 12.0. The van der Waals surface area contributed by atoms with Gasteiger partial charge >= 0.3 is 0 Å². The molecule has 11 heteroatoms. The second kappa shape index (κ2) is 5.82. The molecule has 0 saturated carbocycles. The van der Waals surface area contributed by atoms with E-state index in [9.17, 15) is 23.3 Å². The summed E-state index contributed by atoms with van der Waals surface area (Å²) in [7, 11) is -2.56. The highest BCUT2D eigenvalue weighted by molar-refractivity contribution is 9.10. The first-order valence-corrected chi connectivity index (χ1v) is 8.39. The normalized spacial score (nSPS) is 18.6. The van der Waals surface area contributed by atoms with Crippen LogP contribution < -0.4 is 14.8 Å². The molecule has 0 spiro atoms. The van der Waals surface area contributed by atoms with Crippen LogP contribution in [0.1, 0.15) is 6.42 Å². The molecule has 0 aliphatic carbocycles. The fraction of sp³-hybridized carbons (Fsp3) is 0.364. The predicted molar refractivity (Wildman–Crippen MR) is 81.2 cm³/mol. The third-order valence-corrected chi connectivity index (χ3v) is 5.12. The average Bonchev–Trinajstić information content (AvgIpc) is 2.79. The highest BCUT2D eigenvalue weighted by Gasteiger charge is 2.40. The van der Waals surface area contributed by atoms with Crippen LogP contribution >= 0.6 is 15.9 Å². The number of methoxy groups -OCH3 is 1. The SMILES string of the molecule is COc1cc(Br)c(N2CC(S(N)(=O)=O)CC2=O)c([N+](=O)[O-])c1. The third kappa shape index (κ3) is 3.05. The number of hydrogen-bond acceptors (Lipinski definition) is 6. The lowest BCUT2D eigenvalue weighted by Gasteiger charge is -2.18. The highest BCUT2D eigenvalue weighted by Crippen LogP contribution is 2.41. The molecule has 1 fully saturated rings. The largest absolute Gasteiger partial charge is 0.496 e.